The van der Waals surface area contributed by atoms with Crippen LogP contribution in [0, 0.1) is 0 Å². The molecule has 2 heterocycles. The average molecular weight is 383 g/mol. The van der Waals surface area contributed by atoms with E-state index in [0.29, 0.717) is 5.95 Å². The SMILES string of the molecule is CCCCSc1ccccc1Nc1ncc(C(=O)n2ccnc2)c(OC)n1. The fourth-order valence-corrected chi connectivity index (χ4v) is 3.49. The number of methoxy groups -OCH3 is 1. The third-order valence-corrected chi connectivity index (χ3v) is 4.97. The second-order valence-electron chi connectivity index (χ2n) is 5.71. The summed E-state index contributed by atoms with van der Waals surface area (Å²) in [5.41, 5.74) is 1.20. The molecule has 0 aliphatic carbocycles. The standard InChI is InChI=1S/C19H21N5O2S/c1-3-4-11-27-16-8-6-5-7-15(16)22-19-21-12-14(17(23-19)26-2)18(25)24-10-9-20-13-24/h5-10,12-13H,3-4,11H2,1-2H3,(H,21,22,23). The number of unbranched alkanes of at least 4 members (excludes halogenated alkanes) is 1. The predicted octanol–water partition coefficient (Wildman–Crippen LogP) is 4.01. The molecule has 0 fully saturated rings. The van der Waals surface area contributed by atoms with Gasteiger partial charge in [-0.05, 0) is 24.3 Å². The lowest BCUT2D eigenvalue weighted by Crippen LogP contribution is -2.13. The highest BCUT2D eigenvalue weighted by Crippen LogP contribution is 2.30. The monoisotopic (exact) mass is 383 g/mol. The summed E-state index contributed by atoms with van der Waals surface area (Å²) in [5, 5.41) is 3.22. The van der Waals surface area contributed by atoms with Gasteiger partial charge < -0.3 is 10.1 Å². The number of carbonyl (C=O) groups excluding carboxylic acids is 1. The van der Waals surface area contributed by atoms with Crippen LogP contribution in [0.15, 0.2) is 54.1 Å². The molecule has 0 bridgehead atoms. The van der Waals surface area contributed by atoms with Gasteiger partial charge in [0.25, 0.3) is 5.91 Å². The maximum atomic E-state index is 12.5. The van der Waals surface area contributed by atoms with Gasteiger partial charge in [-0.2, -0.15) is 4.98 Å². The van der Waals surface area contributed by atoms with Crippen molar-refractivity contribution in [1.82, 2.24) is 19.5 Å². The molecule has 2 aromatic heterocycles. The molecule has 3 rings (SSSR count). The van der Waals surface area contributed by atoms with Crippen LogP contribution in [0.1, 0.15) is 30.1 Å². The summed E-state index contributed by atoms with van der Waals surface area (Å²) in [6.45, 7) is 2.18. The Morgan fingerprint density at radius 1 is 1.33 bits per heavy atom. The zero-order valence-electron chi connectivity index (χ0n) is 15.3. The fourth-order valence-electron chi connectivity index (χ4n) is 2.39. The van der Waals surface area contributed by atoms with Crippen molar-refractivity contribution >= 4 is 29.3 Å². The quantitative estimate of drug-likeness (QED) is 0.465. The first-order valence-corrected chi connectivity index (χ1v) is 9.64. The summed E-state index contributed by atoms with van der Waals surface area (Å²) in [4.78, 5) is 26.1. The molecular formula is C19H21N5O2S. The molecule has 0 radical (unpaired) electrons. The molecule has 8 heteroatoms. The molecule has 7 nitrogen and oxygen atoms in total. The number of nitrogens with zero attached hydrogens (tertiary/aromatic N) is 4. The number of hydrogen-bond acceptors (Lipinski definition) is 7. The second-order valence-corrected chi connectivity index (χ2v) is 6.85. The third kappa shape index (κ3) is 4.65. The molecule has 0 unspecified atom stereocenters. The number of aromatic nitrogens is 4. The Hall–Kier alpha value is -2.87. The third-order valence-electron chi connectivity index (χ3n) is 3.81. The van der Waals surface area contributed by atoms with E-state index in [4.69, 9.17) is 4.74 Å². The molecule has 0 saturated heterocycles. The largest absolute Gasteiger partial charge is 0.480 e. The zero-order valence-corrected chi connectivity index (χ0v) is 16.1. The summed E-state index contributed by atoms with van der Waals surface area (Å²) in [7, 11) is 1.48. The van der Waals surface area contributed by atoms with Crippen molar-refractivity contribution in [3.8, 4) is 5.88 Å². The lowest BCUT2D eigenvalue weighted by Gasteiger charge is -2.12. The number of para-hydroxylation sites is 1. The first-order chi connectivity index (χ1) is 13.2. The highest BCUT2D eigenvalue weighted by Gasteiger charge is 2.17. The maximum absolute atomic E-state index is 12.5. The highest BCUT2D eigenvalue weighted by molar-refractivity contribution is 7.99. The minimum atomic E-state index is -0.300. The molecule has 0 aliphatic rings. The van der Waals surface area contributed by atoms with Crippen LogP contribution in [0.25, 0.3) is 0 Å². The minimum absolute atomic E-state index is 0.210. The second kappa shape index (κ2) is 9.18. The molecule has 27 heavy (non-hydrogen) atoms. The van der Waals surface area contributed by atoms with Crippen molar-refractivity contribution in [3.63, 3.8) is 0 Å². The van der Waals surface area contributed by atoms with Crippen LogP contribution in [0.5, 0.6) is 5.88 Å². The van der Waals surface area contributed by atoms with E-state index in [1.165, 1.54) is 30.4 Å². The Balaban J connectivity index is 1.82. The van der Waals surface area contributed by atoms with Gasteiger partial charge in [-0.15, -0.1) is 11.8 Å². The molecule has 0 aliphatic heterocycles. The van der Waals surface area contributed by atoms with Crippen molar-refractivity contribution in [2.24, 2.45) is 0 Å². The lowest BCUT2D eigenvalue weighted by molar-refractivity contribution is 0.0955. The van der Waals surface area contributed by atoms with Crippen LogP contribution in [0.2, 0.25) is 0 Å². The Morgan fingerprint density at radius 3 is 2.93 bits per heavy atom. The van der Waals surface area contributed by atoms with E-state index in [1.807, 2.05) is 18.2 Å². The fraction of sp³-hybridized carbons (Fsp3) is 0.263. The number of hydrogen-bond donors (Lipinski definition) is 1. The van der Waals surface area contributed by atoms with Crippen LogP contribution >= 0.6 is 11.8 Å². The van der Waals surface area contributed by atoms with Crippen molar-refractivity contribution in [1.29, 1.82) is 0 Å². The Morgan fingerprint density at radius 2 is 2.19 bits per heavy atom. The van der Waals surface area contributed by atoms with E-state index < -0.39 is 0 Å². The number of thioether (sulfide) groups is 1. The van der Waals surface area contributed by atoms with Gasteiger partial charge in [-0.3, -0.25) is 9.36 Å². The maximum Gasteiger partial charge on any atom is 0.270 e. The molecular weight excluding hydrogens is 362 g/mol. The molecule has 0 amide bonds. The highest BCUT2D eigenvalue weighted by atomic mass is 32.2. The van der Waals surface area contributed by atoms with Crippen molar-refractivity contribution in [2.75, 3.05) is 18.2 Å². The first kappa shape index (κ1) is 18.9. The summed E-state index contributed by atoms with van der Waals surface area (Å²) in [6.07, 6.45) is 8.32. The van der Waals surface area contributed by atoms with Gasteiger partial charge in [0.15, 0.2) is 0 Å². The summed E-state index contributed by atoms with van der Waals surface area (Å²) in [6, 6.07) is 8.01. The molecule has 0 atom stereocenters. The summed E-state index contributed by atoms with van der Waals surface area (Å²) < 4.78 is 6.66. The Kier molecular flexibility index (Phi) is 6.43. The predicted molar refractivity (Wildman–Crippen MR) is 106 cm³/mol. The van der Waals surface area contributed by atoms with Crippen LogP contribution in [-0.4, -0.2) is 38.3 Å². The van der Waals surface area contributed by atoms with Gasteiger partial charge in [0.2, 0.25) is 11.8 Å². The van der Waals surface area contributed by atoms with Gasteiger partial charge in [0, 0.05) is 23.5 Å². The molecule has 0 spiro atoms. The van der Waals surface area contributed by atoms with E-state index in [2.05, 4.69) is 33.3 Å². The van der Waals surface area contributed by atoms with E-state index in [1.54, 1.807) is 18.0 Å². The number of carbonyl (C=O) groups is 1. The van der Waals surface area contributed by atoms with Gasteiger partial charge in [0.1, 0.15) is 11.9 Å². The molecule has 0 saturated carbocycles. The van der Waals surface area contributed by atoms with Crippen molar-refractivity contribution < 1.29 is 9.53 Å². The van der Waals surface area contributed by atoms with Crippen LogP contribution in [0.4, 0.5) is 11.6 Å². The number of ether oxygens (including phenoxy) is 1. The number of nitrogens with one attached hydrogen (secondary N) is 1. The van der Waals surface area contributed by atoms with Gasteiger partial charge in [-0.1, -0.05) is 25.5 Å². The van der Waals surface area contributed by atoms with E-state index in [-0.39, 0.29) is 17.4 Å². The lowest BCUT2D eigenvalue weighted by atomic mass is 10.3. The number of rotatable bonds is 8. The Bertz CT molecular complexity index is 899. The topological polar surface area (TPSA) is 81.9 Å². The van der Waals surface area contributed by atoms with Crippen LogP contribution < -0.4 is 10.1 Å². The number of imidazole rings is 1. The smallest absolute Gasteiger partial charge is 0.270 e. The zero-order chi connectivity index (χ0) is 19.1. The molecule has 3 aromatic rings. The Labute approximate surface area is 162 Å². The first-order valence-electron chi connectivity index (χ1n) is 8.65. The van der Waals surface area contributed by atoms with Crippen molar-refractivity contribution in [3.05, 3.63) is 54.7 Å². The number of benzene rings is 1. The van der Waals surface area contributed by atoms with E-state index in [9.17, 15) is 4.79 Å². The molecule has 140 valence electrons. The van der Waals surface area contributed by atoms with E-state index >= 15 is 0 Å². The van der Waals surface area contributed by atoms with E-state index in [0.717, 1.165) is 29.2 Å². The summed E-state index contributed by atoms with van der Waals surface area (Å²) >= 11 is 1.79. The molecule has 1 aromatic carbocycles. The average Bonchev–Trinajstić information content (AvgIpc) is 3.24. The number of anilines is 2. The summed E-state index contributed by atoms with van der Waals surface area (Å²) in [5.74, 6) is 1.34. The van der Waals surface area contributed by atoms with Crippen LogP contribution in [-0.2, 0) is 0 Å². The van der Waals surface area contributed by atoms with Gasteiger partial charge in [0.05, 0.1) is 12.8 Å². The molecule has 1 N–H and O–H groups in total. The van der Waals surface area contributed by atoms with Crippen LogP contribution in [0.3, 0.4) is 0 Å². The van der Waals surface area contributed by atoms with Gasteiger partial charge >= 0.3 is 0 Å². The minimum Gasteiger partial charge on any atom is -0.480 e. The normalized spacial score (nSPS) is 10.6. The van der Waals surface area contributed by atoms with Gasteiger partial charge in [-0.25, -0.2) is 9.97 Å². The van der Waals surface area contributed by atoms with Crippen molar-refractivity contribution in [2.45, 2.75) is 24.7 Å².